The van der Waals surface area contributed by atoms with Gasteiger partial charge >= 0.3 is 6.18 Å². The smallest absolute Gasteiger partial charge is 0.338 e. The zero-order chi connectivity index (χ0) is 14.9. The van der Waals surface area contributed by atoms with Crippen LogP contribution in [0.2, 0.25) is 5.02 Å². The van der Waals surface area contributed by atoms with Crippen LogP contribution in [-0.4, -0.2) is 4.98 Å². The van der Waals surface area contributed by atoms with Crippen molar-refractivity contribution in [2.45, 2.75) is 13.1 Å². The van der Waals surface area contributed by atoms with Gasteiger partial charge in [-0.3, -0.25) is 0 Å². The third-order valence-electron chi connectivity index (χ3n) is 2.61. The number of benzene rings is 1. The monoisotopic (exact) mass is 304 g/mol. The van der Waals surface area contributed by atoms with Gasteiger partial charge in [0, 0.05) is 11.9 Å². The van der Waals surface area contributed by atoms with Crippen LogP contribution < -0.4 is 5.32 Å². The normalized spacial score (nSPS) is 11.5. The molecule has 0 spiro atoms. The summed E-state index contributed by atoms with van der Waals surface area (Å²) in [6, 6.07) is 4.65. The van der Waals surface area contributed by atoms with Crippen LogP contribution in [0.3, 0.4) is 0 Å². The molecular formula is C13H9ClF4N2. The Balaban J connectivity index is 2.35. The van der Waals surface area contributed by atoms with Crippen LogP contribution in [0.25, 0.3) is 0 Å². The molecule has 0 amide bonds. The number of halogens is 5. The Morgan fingerprint density at radius 2 is 1.90 bits per heavy atom. The van der Waals surface area contributed by atoms with E-state index in [-0.39, 0.29) is 22.1 Å². The first-order valence-electron chi connectivity index (χ1n) is 5.53. The molecule has 2 rings (SSSR count). The fourth-order valence-corrected chi connectivity index (χ4v) is 1.79. The average molecular weight is 305 g/mol. The maximum absolute atomic E-state index is 13.5. The summed E-state index contributed by atoms with van der Waals surface area (Å²) in [7, 11) is 0. The lowest BCUT2D eigenvalue weighted by Gasteiger charge is -2.13. The predicted molar refractivity (Wildman–Crippen MR) is 68.7 cm³/mol. The van der Waals surface area contributed by atoms with Gasteiger partial charge in [0.25, 0.3) is 0 Å². The third kappa shape index (κ3) is 3.19. The number of nitrogens with zero attached hydrogens (tertiary/aromatic N) is 1. The minimum absolute atomic E-state index is 0.0904. The summed E-state index contributed by atoms with van der Waals surface area (Å²) in [5.74, 6) is -0.932. The van der Waals surface area contributed by atoms with Gasteiger partial charge in [-0.1, -0.05) is 17.7 Å². The number of aromatic nitrogens is 1. The highest BCUT2D eigenvalue weighted by molar-refractivity contribution is 6.30. The minimum Gasteiger partial charge on any atom is -0.338 e. The maximum atomic E-state index is 13.5. The highest BCUT2D eigenvalue weighted by Gasteiger charge is 2.32. The lowest BCUT2D eigenvalue weighted by Crippen LogP contribution is -2.08. The molecule has 1 N–H and O–H groups in total. The molecule has 0 aliphatic rings. The van der Waals surface area contributed by atoms with Crippen molar-refractivity contribution in [3.63, 3.8) is 0 Å². The van der Waals surface area contributed by atoms with E-state index in [0.29, 0.717) is 0 Å². The number of hydrogen-bond donors (Lipinski definition) is 1. The molecule has 1 heterocycles. The first-order valence-corrected chi connectivity index (χ1v) is 5.91. The number of nitrogens with one attached hydrogen (secondary N) is 1. The molecular weight excluding hydrogens is 296 g/mol. The molecule has 0 unspecified atom stereocenters. The van der Waals surface area contributed by atoms with E-state index >= 15 is 0 Å². The van der Waals surface area contributed by atoms with E-state index in [4.69, 9.17) is 11.6 Å². The van der Waals surface area contributed by atoms with Gasteiger partial charge in [0.1, 0.15) is 0 Å². The Kier molecular flexibility index (Phi) is 3.85. The second-order valence-corrected chi connectivity index (χ2v) is 4.57. The van der Waals surface area contributed by atoms with E-state index in [1.807, 2.05) is 0 Å². The topological polar surface area (TPSA) is 24.9 Å². The van der Waals surface area contributed by atoms with Crippen molar-refractivity contribution in [3.05, 3.63) is 52.4 Å². The van der Waals surface area contributed by atoms with E-state index in [9.17, 15) is 17.6 Å². The van der Waals surface area contributed by atoms with Crippen LogP contribution >= 0.6 is 11.6 Å². The molecule has 1 aromatic carbocycles. The highest BCUT2D eigenvalue weighted by Crippen LogP contribution is 2.34. The molecule has 1 aromatic heterocycles. The molecule has 0 fully saturated rings. The van der Waals surface area contributed by atoms with Crippen LogP contribution in [0.15, 0.2) is 30.5 Å². The summed E-state index contributed by atoms with van der Waals surface area (Å²) in [6.07, 6.45) is -3.26. The summed E-state index contributed by atoms with van der Waals surface area (Å²) in [5.41, 5.74) is -0.596. The van der Waals surface area contributed by atoms with Crippen LogP contribution in [0.1, 0.15) is 11.1 Å². The van der Waals surface area contributed by atoms with Gasteiger partial charge in [0.2, 0.25) is 0 Å². The van der Waals surface area contributed by atoms with Gasteiger partial charge < -0.3 is 5.32 Å². The summed E-state index contributed by atoms with van der Waals surface area (Å²) >= 11 is 5.55. The number of pyridine rings is 1. The van der Waals surface area contributed by atoms with Gasteiger partial charge in [-0.2, -0.15) is 13.2 Å². The number of rotatable bonds is 2. The van der Waals surface area contributed by atoms with E-state index < -0.39 is 17.6 Å². The molecule has 20 heavy (non-hydrogen) atoms. The van der Waals surface area contributed by atoms with Crippen LogP contribution in [0, 0.1) is 12.7 Å². The molecule has 0 aliphatic heterocycles. The highest BCUT2D eigenvalue weighted by atomic mass is 35.5. The minimum atomic E-state index is -4.46. The van der Waals surface area contributed by atoms with Crippen molar-refractivity contribution >= 4 is 23.1 Å². The molecule has 0 saturated heterocycles. The quantitative estimate of drug-likeness (QED) is 0.794. The van der Waals surface area contributed by atoms with Gasteiger partial charge in [0.15, 0.2) is 11.6 Å². The molecule has 106 valence electrons. The zero-order valence-corrected chi connectivity index (χ0v) is 11.0. The van der Waals surface area contributed by atoms with Crippen LogP contribution in [0.4, 0.5) is 29.1 Å². The van der Waals surface area contributed by atoms with E-state index in [1.54, 1.807) is 0 Å². The Morgan fingerprint density at radius 1 is 1.20 bits per heavy atom. The molecule has 0 bridgehead atoms. The van der Waals surface area contributed by atoms with Crippen molar-refractivity contribution < 1.29 is 17.6 Å². The Morgan fingerprint density at radius 3 is 2.50 bits per heavy atom. The largest absolute Gasteiger partial charge is 0.416 e. The van der Waals surface area contributed by atoms with Crippen molar-refractivity contribution in [1.82, 2.24) is 4.98 Å². The first kappa shape index (κ1) is 14.6. The van der Waals surface area contributed by atoms with E-state index in [0.717, 1.165) is 12.1 Å². The molecule has 2 nitrogen and oxygen atoms in total. The molecule has 7 heteroatoms. The van der Waals surface area contributed by atoms with Crippen molar-refractivity contribution in [2.24, 2.45) is 0 Å². The average Bonchev–Trinajstić information content (AvgIpc) is 2.33. The molecule has 0 saturated carbocycles. The fraction of sp³-hybridized carbons (Fsp3) is 0.154. The van der Waals surface area contributed by atoms with Crippen molar-refractivity contribution in [1.29, 1.82) is 0 Å². The second kappa shape index (κ2) is 5.28. The maximum Gasteiger partial charge on any atom is 0.416 e. The van der Waals surface area contributed by atoms with Gasteiger partial charge in [-0.15, -0.1) is 0 Å². The zero-order valence-electron chi connectivity index (χ0n) is 10.2. The van der Waals surface area contributed by atoms with E-state index in [2.05, 4.69) is 10.3 Å². The SMILES string of the molecule is Cc1ccc(Nc2ncc(Cl)cc2F)cc1C(F)(F)F. The second-order valence-electron chi connectivity index (χ2n) is 4.14. The lowest BCUT2D eigenvalue weighted by molar-refractivity contribution is -0.138. The number of hydrogen-bond acceptors (Lipinski definition) is 2. The standard InChI is InChI=1S/C13H9ClF4N2/c1-7-2-3-9(5-10(7)13(16,17)18)20-12-11(15)4-8(14)6-19-12/h2-6H,1H3,(H,19,20). The summed E-state index contributed by atoms with van der Waals surface area (Å²) in [5, 5.41) is 2.60. The molecule has 0 atom stereocenters. The first-order chi connectivity index (χ1) is 9.27. The summed E-state index contributed by atoms with van der Waals surface area (Å²) in [4.78, 5) is 3.69. The summed E-state index contributed by atoms with van der Waals surface area (Å²) in [6.45, 7) is 1.35. The number of anilines is 2. The fourth-order valence-electron chi connectivity index (χ4n) is 1.65. The summed E-state index contributed by atoms with van der Waals surface area (Å²) < 4.78 is 51.8. The Labute approximate surface area is 117 Å². The van der Waals surface area contributed by atoms with Crippen LogP contribution in [0.5, 0.6) is 0 Å². The van der Waals surface area contributed by atoms with Crippen molar-refractivity contribution in [2.75, 3.05) is 5.32 Å². The molecule has 0 radical (unpaired) electrons. The molecule has 0 aliphatic carbocycles. The van der Waals surface area contributed by atoms with Crippen LogP contribution in [-0.2, 0) is 6.18 Å². The number of alkyl halides is 3. The van der Waals surface area contributed by atoms with Crippen molar-refractivity contribution in [3.8, 4) is 0 Å². The van der Waals surface area contributed by atoms with Gasteiger partial charge in [-0.05, 0) is 30.7 Å². The van der Waals surface area contributed by atoms with E-state index in [1.165, 1.54) is 25.3 Å². The number of aryl methyl sites for hydroxylation is 1. The predicted octanol–water partition coefficient (Wildman–Crippen LogP) is 4.94. The van der Waals surface area contributed by atoms with Gasteiger partial charge in [0.05, 0.1) is 10.6 Å². The Bertz CT molecular complexity index is 641. The third-order valence-corrected chi connectivity index (χ3v) is 2.82. The Hall–Kier alpha value is -1.82. The van der Waals surface area contributed by atoms with Gasteiger partial charge in [-0.25, -0.2) is 9.37 Å². The lowest BCUT2D eigenvalue weighted by atomic mass is 10.1. The molecule has 2 aromatic rings.